The SMILES string of the molecule is CN(C)c1ccc2nc(-c3ccc4ccccc4n3)n(C)c2c1. The van der Waals surface area contributed by atoms with E-state index in [4.69, 9.17) is 9.97 Å². The molecule has 2 aromatic carbocycles. The van der Waals surface area contributed by atoms with Crippen molar-refractivity contribution in [1.29, 1.82) is 0 Å². The number of hydrogen-bond donors (Lipinski definition) is 0. The van der Waals surface area contributed by atoms with E-state index >= 15 is 0 Å². The van der Waals surface area contributed by atoms with Crippen LogP contribution in [0.5, 0.6) is 0 Å². The predicted molar refractivity (Wildman–Crippen MR) is 95.8 cm³/mol. The zero-order chi connectivity index (χ0) is 16.0. The van der Waals surface area contributed by atoms with Gasteiger partial charge in [0.2, 0.25) is 0 Å². The summed E-state index contributed by atoms with van der Waals surface area (Å²) in [6.45, 7) is 0. The van der Waals surface area contributed by atoms with Crippen LogP contribution in [0.3, 0.4) is 0 Å². The summed E-state index contributed by atoms with van der Waals surface area (Å²) < 4.78 is 2.11. The van der Waals surface area contributed by atoms with Crippen molar-refractivity contribution in [2.45, 2.75) is 0 Å². The van der Waals surface area contributed by atoms with Crippen LogP contribution < -0.4 is 4.90 Å². The van der Waals surface area contributed by atoms with E-state index < -0.39 is 0 Å². The third-order valence-electron chi connectivity index (χ3n) is 4.21. The Morgan fingerprint density at radius 1 is 0.870 bits per heavy atom. The molecule has 2 aromatic heterocycles. The number of aromatic nitrogens is 3. The number of benzene rings is 2. The molecule has 0 spiro atoms. The zero-order valence-corrected chi connectivity index (χ0v) is 13.5. The Bertz CT molecular complexity index is 1010. The fraction of sp³-hybridized carbons (Fsp3) is 0.158. The Hall–Kier alpha value is -2.88. The van der Waals surface area contributed by atoms with E-state index in [9.17, 15) is 0 Å². The van der Waals surface area contributed by atoms with Gasteiger partial charge in [0.25, 0.3) is 0 Å². The van der Waals surface area contributed by atoms with Gasteiger partial charge in [-0.3, -0.25) is 0 Å². The third-order valence-corrected chi connectivity index (χ3v) is 4.21. The van der Waals surface area contributed by atoms with E-state index in [1.807, 2.05) is 45.4 Å². The Kier molecular flexibility index (Phi) is 3.05. The number of fused-ring (bicyclic) bond motifs is 2. The van der Waals surface area contributed by atoms with E-state index in [1.165, 1.54) is 5.69 Å². The van der Waals surface area contributed by atoms with Crippen molar-refractivity contribution < 1.29 is 0 Å². The molecule has 0 saturated carbocycles. The lowest BCUT2D eigenvalue weighted by molar-refractivity contribution is 0.951. The zero-order valence-electron chi connectivity index (χ0n) is 13.5. The first-order valence-corrected chi connectivity index (χ1v) is 7.63. The summed E-state index contributed by atoms with van der Waals surface area (Å²) in [5.41, 5.74) is 5.16. The van der Waals surface area contributed by atoms with Gasteiger partial charge in [-0.25, -0.2) is 9.97 Å². The first kappa shape index (κ1) is 13.8. The van der Waals surface area contributed by atoms with E-state index in [2.05, 4.69) is 39.8 Å². The van der Waals surface area contributed by atoms with E-state index in [-0.39, 0.29) is 0 Å². The molecule has 2 heterocycles. The molecular weight excluding hydrogens is 284 g/mol. The number of rotatable bonds is 2. The van der Waals surface area contributed by atoms with Crippen LogP contribution >= 0.6 is 0 Å². The number of imidazole rings is 1. The molecule has 0 bridgehead atoms. The average molecular weight is 302 g/mol. The first-order chi connectivity index (χ1) is 11.1. The summed E-state index contributed by atoms with van der Waals surface area (Å²) >= 11 is 0. The molecule has 23 heavy (non-hydrogen) atoms. The normalized spacial score (nSPS) is 11.3. The van der Waals surface area contributed by atoms with Gasteiger partial charge in [0, 0.05) is 32.2 Å². The summed E-state index contributed by atoms with van der Waals surface area (Å²) in [7, 11) is 6.13. The smallest absolute Gasteiger partial charge is 0.159 e. The van der Waals surface area contributed by atoms with Crippen molar-refractivity contribution in [3.63, 3.8) is 0 Å². The highest BCUT2D eigenvalue weighted by Crippen LogP contribution is 2.26. The summed E-state index contributed by atoms with van der Waals surface area (Å²) in [5, 5.41) is 1.14. The topological polar surface area (TPSA) is 34.0 Å². The van der Waals surface area contributed by atoms with Crippen molar-refractivity contribution in [3.8, 4) is 11.5 Å². The largest absolute Gasteiger partial charge is 0.378 e. The molecule has 0 amide bonds. The Morgan fingerprint density at radius 3 is 2.52 bits per heavy atom. The molecule has 0 unspecified atom stereocenters. The van der Waals surface area contributed by atoms with Gasteiger partial charge in [-0.2, -0.15) is 0 Å². The molecule has 0 aliphatic rings. The first-order valence-electron chi connectivity index (χ1n) is 7.63. The van der Waals surface area contributed by atoms with Gasteiger partial charge < -0.3 is 9.47 Å². The molecule has 0 radical (unpaired) electrons. The molecule has 0 N–H and O–H groups in total. The van der Waals surface area contributed by atoms with E-state index in [1.54, 1.807) is 0 Å². The van der Waals surface area contributed by atoms with Crippen molar-refractivity contribution in [2.75, 3.05) is 19.0 Å². The van der Waals surface area contributed by atoms with Crippen LogP contribution in [0.4, 0.5) is 5.69 Å². The van der Waals surface area contributed by atoms with Gasteiger partial charge in [-0.05, 0) is 30.3 Å². The number of aryl methyl sites for hydroxylation is 1. The molecule has 0 fully saturated rings. The highest BCUT2D eigenvalue weighted by atomic mass is 15.1. The summed E-state index contributed by atoms with van der Waals surface area (Å²) in [6, 6.07) is 18.6. The molecule has 114 valence electrons. The molecule has 0 aliphatic carbocycles. The quantitative estimate of drug-likeness (QED) is 0.564. The summed E-state index contributed by atoms with van der Waals surface area (Å²) in [5.74, 6) is 0.890. The lowest BCUT2D eigenvalue weighted by atomic mass is 10.2. The maximum absolute atomic E-state index is 4.77. The minimum atomic E-state index is 0.890. The number of hydrogen-bond acceptors (Lipinski definition) is 3. The Morgan fingerprint density at radius 2 is 1.70 bits per heavy atom. The van der Waals surface area contributed by atoms with Crippen LogP contribution in [0, 0.1) is 0 Å². The molecule has 0 atom stereocenters. The lowest BCUT2D eigenvalue weighted by Gasteiger charge is -2.12. The molecule has 4 nitrogen and oxygen atoms in total. The number of nitrogens with zero attached hydrogens (tertiary/aromatic N) is 4. The van der Waals surface area contributed by atoms with Gasteiger partial charge in [0.05, 0.1) is 16.6 Å². The monoisotopic (exact) mass is 302 g/mol. The highest BCUT2D eigenvalue weighted by Gasteiger charge is 2.12. The van der Waals surface area contributed by atoms with E-state index in [0.29, 0.717) is 0 Å². The maximum atomic E-state index is 4.77. The molecule has 4 aromatic rings. The number of anilines is 1. The van der Waals surface area contributed by atoms with Gasteiger partial charge >= 0.3 is 0 Å². The Balaban J connectivity index is 1.91. The standard InChI is InChI=1S/C19H18N4/c1-22(2)14-9-11-16-18(12-14)23(3)19(21-16)17-10-8-13-6-4-5-7-15(13)20-17/h4-12H,1-3H3. The Labute approximate surface area is 135 Å². The van der Waals surface area contributed by atoms with Crippen molar-refractivity contribution >= 4 is 27.6 Å². The van der Waals surface area contributed by atoms with Crippen LogP contribution in [0.2, 0.25) is 0 Å². The van der Waals surface area contributed by atoms with Crippen LogP contribution in [-0.2, 0) is 7.05 Å². The fourth-order valence-electron chi connectivity index (χ4n) is 2.88. The summed E-state index contributed by atoms with van der Waals surface area (Å²) in [6.07, 6.45) is 0. The summed E-state index contributed by atoms with van der Waals surface area (Å²) in [4.78, 5) is 11.6. The second-order valence-electron chi connectivity index (χ2n) is 5.95. The number of para-hydroxylation sites is 1. The van der Waals surface area contributed by atoms with Gasteiger partial charge in [0.1, 0.15) is 5.69 Å². The molecule has 4 heteroatoms. The van der Waals surface area contributed by atoms with Crippen molar-refractivity contribution in [1.82, 2.24) is 14.5 Å². The number of pyridine rings is 1. The lowest BCUT2D eigenvalue weighted by Crippen LogP contribution is -2.08. The second-order valence-corrected chi connectivity index (χ2v) is 5.95. The van der Waals surface area contributed by atoms with Gasteiger partial charge in [0.15, 0.2) is 5.82 Å². The van der Waals surface area contributed by atoms with Crippen molar-refractivity contribution in [3.05, 3.63) is 54.6 Å². The molecule has 0 saturated heterocycles. The second kappa shape index (κ2) is 5.09. The minimum absolute atomic E-state index is 0.890. The predicted octanol–water partition coefficient (Wildman–Crippen LogP) is 3.85. The van der Waals surface area contributed by atoms with Gasteiger partial charge in [-0.1, -0.05) is 24.3 Å². The van der Waals surface area contributed by atoms with Crippen LogP contribution in [-0.4, -0.2) is 28.6 Å². The van der Waals surface area contributed by atoms with Crippen molar-refractivity contribution in [2.24, 2.45) is 7.05 Å². The van der Waals surface area contributed by atoms with Crippen LogP contribution in [0.1, 0.15) is 0 Å². The molecular formula is C19H18N4. The maximum Gasteiger partial charge on any atom is 0.159 e. The minimum Gasteiger partial charge on any atom is -0.378 e. The average Bonchev–Trinajstić information content (AvgIpc) is 2.91. The van der Waals surface area contributed by atoms with Crippen LogP contribution in [0.25, 0.3) is 33.5 Å². The fourth-order valence-corrected chi connectivity index (χ4v) is 2.88. The molecule has 4 rings (SSSR count). The molecule has 0 aliphatic heterocycles. The third kappa shape index (κ3) is 2.23. The highest BCUT2D eigenvalue weighted by molar-refractivity contribution is 5.85. The van der Waals surface area contributed by atoms with Crippen LogP contribution in [0.15, 0.2) is 54.6 Å². The van der Waals surface area contributed by atoms with E-state index in [0.717, 1.165) is 33.5 Å². The van der Waals surface area contributed by atoms with Gasteiger partial charge in [-0.15, -0.1) is 0 Å².